The highest BCUT2D eigenvalue weighted by Gasteiger charge is 2.26. The van der Waals surface area contributed by atoms with E-state index in [1.54, 1.807) is 0 Å². The Morgan fingerprint density at radius 1 is 0.787 bits per heavy atom. The first-order valence-electron chi connectivity index (χ1n) is 15.7. The lowest BCUT2D eigenvalue weighted by Crippen LogP contribution is -2.49. The molecule has 9 nitrogen and oxygen atoms in total. The fourth-order valence-corrected chi connectivity index (χ4v) is 5.83. The predicted molar refractivity (Wildman–Crippen MR) is 187 cm³/mol. The van der Waals surface area contributed by atoms with E-state index in [0.29, 0.717) is 6.42 Å². The molecule has 4 atom stereocenters. The molecular weight excluding hydrogens is 612 g/mol. The maximum atomic E-state index is 13.9. The standard InChI is InChI=1S/C37H44N4O5S/c1-5-33(29-19-13-8-14-20-29)38-25-35(42)34(21-27-15-9-6-10-16-27)40-37(44)31-22-30(23-32(24-31)41(3)47(4,45)46)36(43)39-26(2)28-17-11-7-12-18-28/h6-20,22-24,26,33-35,38,42H,5,21,25H2,1-4H3,(H,39,43)(H,40,44)/t26-,33+,34+,35-/m1/s1. The highest BCUT2D eigenvalue weighted by atomic mass is 32.2. The van der Waals surface area contributed by atoms with Crippen LogP contribution in [0.5, 0.6) is 0 Å². The molecular formula is C37H44N4O5S. The van der Waals surface area contributed by atoms with Gasteiger partial charge in [0.15, 0.2) is 0 Å². The first-order chi connectivity index (χ1) is 22.5. The third kappa shape index (κ3) is 9.99. The molecule has 0 heterocycles. The summed E-state index contributed by atoms with van der Waals surface area (Å²) in [6.07, 6.45) is 1.24. The van der Waals surface area contributed by atoms with Crippen LogP contribution in [0.3, 0.4) is 0 Å². The lowest BCUT2D eigenvalue weighted by Gasteiger charge is -2.27. The number of benzene rings is 4. The SMILES string of the molecule is CC[C@H](NC[C@@H](O)[C@H](Cc1ccccc1)NC(=O)c1cc(C(=O)N[C@H](C)c2ccccc2)cc(N(C)S(C)(=O)=O)c1)c1ccccc1. The van der Waals surface area contributed by atoms with E-state index in [9.17, 15) is 23.1 Å². The summed E-state index contributed by atoms with van der Waals surface area (Å²) in [5, 5.41) is 20.8. The van der Waals surface area contributed by atoms with Gasteiger partial charge in [0.1, 0.15) is 0 Å². The van der Waals surface area contributed by atoms with Gasteiger partial charge in [-0.3, -0.25) is 13.9 Å². The molecule has 0 aromatic heterocycles. The third-order valence-electron chi connectivity index (χ3n) is 8.21. The van der Waals surface area contributed by atoms with Crippen molar-refractivity contribution in [3.8, 4) is 0 Å². The van der Waals surface area contributed by atoms with E-state index < -0.39 is 34.0 Å². The summed E-state index contributed by atoms with van der Waals surface area (Å²) >= 11 is 0. The Bertz CT molecular complexity index is 1720. The Hall–Kier alpha value is -4.51. The van der Waals surface area contributed by atoms with Gasteiger partial charge in [-0.25, -0.2) is 8.42 Å². The summed E-state index contributed by atoms with van der Waals surface area (Å²) in [5.74, 6) is -1.01. The van der Waals surface area contributed by atoms with Crippen LogP contribution in [-0.2, 0) is 16.4 Å². The van der Waals surface area contributed by atoms with E-state index >= 15 is 0 Å². The van der Waals surface area contributed by atoms with Crippen LogP contribution in [-0.4, -0.2) is 57.3 Å². The average Bonchev–Trinajstić information content (AvgIpc) is 3.08. The van der Waals surface area contributed by atoms with Crippen molar-refractivity contribution in [3.05, 3.63) is 137 Å². The van der Waals surface area contributed by atoms with Crippen molar-refractivity contribution < 1.29 is 23.1 Å². The minimum absolute atomic E-state index is 0.0153. The molecule has 10 heteroatoms. The molecule has 0 bridgehead atoms. The van der Waals surface area contributed by atoms with Gasteiger partial charge in [-0.2, -0.15) is 0 Å². The second-order valence-corrected chi connectivity index (χ2v) is 13.7. The Balaban J connectivity index is 1.61. The van der Waals surface area contributed by atoms with Crippen molar-refractivity contribution >= 4 is 27.5 Å². The topological polar surface area (TPSA) is 128 Å². The molecule has 0 unspecified atom stereocenters. The summed E-state index contributed by atoms with van der Waals surface area (Å²) in [6.45, 7) is 4.13. The molecule has 0 aliphatic carbocycles. The van der Waals surface area contributed by atoms with Crippen LogP contribution in [0.15, 0.2) is 109 Å². The first-order valence-corrected chi connectivity index (χ1v) is 17.6. The number of sulfonamides is 1. The summed E-state index contributed by atoms with van der Waals surface area (Å²) in [4.78, 5) is 27.3. The maximum Gasteiger partial charge on any atom is 0.251 e. The monoisotopic (exact) mass is 656 g/mol. The van der Waals surface area contributed by atoms with Gasteiger partial charge < -0.3 is 21.1 Å². The van der Waals surface area contributed by atoms with Gasteiger partial charge >= 0.3 is 0 Å². The Morgan fingerprint density at radius 2 is 1.30 bits per heavy atom. The van der Waals surface area contributed by atoms with Crippen molar-refractivity contribution in [2.24, 2.45) is 0 Å². The van der Waals surface area contributed by atoms with Crippen molar-refractivity contribution in [3.63, 3.8) is 0 Å². The maximum absolute atomic E-state index is 13.9. The second-order valence-electron chi connectivity index (χ2n) is 11.7. The number of anilines is 1. The molecule has 4 aromatic rings. The van der Waals surface area contributed by atoms with Gasteiger partial charge in [-0.1, -0.05) is 97.9 Å². The van der Waals surface area contributed by atoms with E-state index in [4.69, 9.17) is 0 Å². The molecule has 248 valence electrons. The molecule has 0 saturated carbocycles. The number of carbonyl (C=O) groups is 2. The zero-order chi connectivity index (χ0) is 34.0. The average molecular weight is 657 g/mol. The number of hydrogen-bond donors (Lipinski definition) is 4. The molecule has 4 N–H and O–H groups in total. The van der Waals surface area contributed by atoms with Crippen LogP contribution < -0.4 is 20.3 Å². The van der Waals surface area contributed by atoms with Gasteiger partial charge in [-0.05, 0) is 54.7 Å². The quantitative estimate of drug-likeness (QED) is 0.142. The lowest BCUT2D eigenvalue weighted by molar-refractivity contribution is 0.0824. The zero-order valence-corrected chi connectivity index (χ0v) is 28.1. The van der Waals surface area contributed by atoms with Gasteiger partial charge in [0.25, 0.3) is 11.8 Å². The van der Waals surface area contributed by atoms with Crippen molar-refractivity contribution in [1.29, 1.82) is 0 Å². The van der Waals surface area contributed by atoms with Crippen LogP contribution in [0.25, 0.3) is 0 Å². The molecule has 2 amide bonds. The smallest absolute Gasteiger partial charge is 0.251 e. The number of rotatable bonds is 15. The third-order valence-corrected chi connectivity index (χ3v) is 9.42. The van der Waals surface area contributed by atoms with E-state index in [1.165, 1.54) is 25.2 Å². The van der Waals surface area contributed by atoms with Crippen molar-refractivity contribution in [1.82, 2.24) is 16.0 Å². The fraction of sp³-hybridized carbons (Fsp3) is 0.297. The van der Waals surface area contributed by atoms with Crippen molar-refractivity contribution in [2.45, 2.75) is 50.9 Å². The molecule has 0 aliphatic rings. The molecule has 0 fully saturated rings. The predicted octanol–water partition coefficient (Wildman–Crippen LogP) is 5.02. The van der Waals surface area contributed by atoms with Crippen LogP contribution in [0.2, 0.25) is 0 Å². The normalized spacial score (nSPS) is 14.0. The number of nitrogens with one attached hydrogen (secondary N) is 3. The Labute approximate surface area is 278 Å². The number of aliphatic hydroxyl groups is 1. The summed E-state index contributed by atoms with van der Waals surface area (Å²) in [7, 11) is -2.34. The largest absolute Gasteiger partial charge is 0.390 e. The van der Waals surface area contributed by atoms with Crippen LogP contribution in [0.4, 0.5) is 5.69 Å². The number of carbonyl (C=O) groups excluding carboxylic acids is 2. The number of amides is 2. The van der Waals surface area contributed by atoms with E-state index in [2.05, 4.69) is 22.9 Å². The number of hydrogen-bond acceptors (Lipinski definition) is 6. The Morgan fingerprint density at radius 3 is 1.83 bits per heavy atom. The van der Waals surface area contributed by atoms with Crippen LogP contribution in [0.1, 0.15) is 69.8 Å². The van der Waals surface area contributed by atoms with Gasteiger partial charge in [0.2, 0.25) is 10.0 Å². The first kappa shape index (κ1) is 35.3. The molecule has 0 aliphatic heterocycles. The Kier molecular flexibility index (Phi) is 12.3. The molecule has 47 heavy (non-hydrogen) atoms. The summed E-state index contributed by atoms with van der Waals surface area (Å²) in [6, 6.07) is 32.2. The molecule has 0 spiro atoms. The van der Waals surface area contributed by atoms with Crippen LogP contribution in [0, 0.1) is 0 Å². The van der Waals surface area contributed by atoms with E-state index in [0.717, 1.165) is 33.7 Å². The van der Waals surface area contributed by atoms with Crippen LogP contribution >= 0.6 is 0 Å². The second kappa shape index (κ2) is 16.4. The lowest BCUT2D eigenvalue weighted by atomic mass is 9.99. The van der Waals surface area contributed by atoms with Gasteiger partial charge in [0.05, 0.1) is 30.1 Å². The van der Waals surface area contributed by atoms with E-state index in [1.807, 2.05) is 97.9 Å². The highest BCUT2D eigenvalue weighted by molar-refractivity contribution is 7.92. The van der Waals surface area contributed by atoms with Gasteiger partial charge in [0, 0.05) is 30.8 Å². The van der Waals surface area contributed by atoms with E-state index in [-0.39, 0.29) is 35.4 Å². The van der Waals surface area contributed by atoms with Gasteiger partial charge in [-0.15, -0.1) is 0 Å². The number of aliphatic hydroxyl groups excluding tert-OH is 1. The molecule has 4 rings (SSSR count). The fourth-order valence-electron chi connectivity index (χ4n) is 5.34. The molecule has 4 aromatic carbocycles. The van der Waals surface area contributed by atoms with Crippen molar-refractivity contribution in [2.75, 3.05) is 24.2 Å². The molecule has 0 saturated heterocycles. The summed E-state index contributed by atoms with van der Waals surface area (Å²) < 4.78 is 26.0. The minimum atomic E-state index is -3.70. The summed E-state index contributed by atoms with van der Waals surface area (Å²) in [5.41, 5.74) is 3.30. The highest BCUT2D eigenvalue weighted by Crippen LogP contribution is 2.23. The minimum Gasteiger partial charge on any atom is -0.390 e. The number of nitrogens with zero attached hydrogens (tertiary/aromatic N) is 1. The zero-order valence-electron chi connectivity index (χ0n) is 27.3. The molecule has 0 radical (unpaired) electrons.